The molecule has 26 heavy (non-hydrogen) atoms. The van der Waals surface area contributed by atoms with Gasteiger partial charge in [-0.2, -0.15) is 0 Å². The zero-order chi connectivity index (χ0) is 18.7. The monoisotopic (exact) mass is 370 g/mol. The van der Waals surface area contributed by atoms with Gasteiger partial charge in [-0.15, -0.1) is 11.3 Å². The molecular formula is C19H22N4O2S. The molecule has 1 N–H and O–H groups in total. The number of ether oxygens (including phenoxy) is 2. The summed E-state index contributed by atoms with van der Waals surface area (Å²) in [6.45, 7) is 6.30. The third-order valence-electron chi connectivity index (χ3n) is 3.85. The highest BCUT2D eigenvalue weighted by Crippen LogP contribution is 2.34. The highest BCUT2D eigenvalue weighted by Gasteiger charge is 2.14. The molecule has 0 bridgehead atoms. The lowest BCUT2D eigenvalue weighted by Gasteiger charge is -2.12. The van der Waals surface area contributed by atoms with E-state index in [1.807, 2.05) is 31.2 Å². The van der Waals surface area contributed by atoms with Crippen molar-refractivity contribution in [2.24, 2.45) is 0 Å². The molecule has 3 rings (SSSR count). The smallest absolute Gasteiger partial charge is 0.227 e. The van der Waals surface area contributed by atoms with Crippen molar-refractivity contribution >= 4 is 23.0 Å². The van der Waals surface area contributed by atoms with E-state index in [0.717, 1.165) is 32.7 Å². The fourth-order valence-corrected chi connectivity index (χ4v) is 3.52. The van der Waals surface area contributed by atoms with Crippen LogP contribution < -0.4 is 14.8 Å². The molecule has 0 saturated carbocycles. The van der Waals surface area contributed by atoms with Crippen molar-refractivity contribution in [3.05, 3.63) is 41.2 Å². The fourth-order valence-electron chi connectivity index (χ4n) is 2.48. The zero-order valence-electron chi connectivity index (χ0n) is 15.5. The summed E-state index contributed by atoms with van der Waals surface area (Å²) in [5.74, 6) is 2.31. The first kappa shape index (κ1) is 18.1. The second-order valence-corrected chi connectivity index (χ2v) is 7.11. The summed E-state index contributed by atoms with van der Waals surface area (Å²) in [6.07, 6.45) is 1.74. The number of aryl methyl sites for hydroxylation is 1. The molecule has 0 saturated heterocycles. The second kappa shape index (κ2) is 7.70. The normalized spacial score (nSPS) is 10.8. The van der Waals surface area contributed by atoms with Gasteiger partial charge in [0.05, 0.1) is 41.2 Å². The van der Waals surface area contributed by atoms with Gasteiger partial charge in [-0.05, 0) is 25.1 Å². The maximum atomic E-state index is 5.40. The van der Waals surface area contributed by atoms with Crippen molar-refractivity contribution in [1.82, 2.24) is 15.0 Å². The van der Waals surface area contributed by atoms with Crippen molar-refractivity contribution in [1.29, 1.82) is 0 Å². The molecule has 0 fully saturated rings. The molecule has 0 aliphatic carbocycles. The van der Waals surface area contributed by atoms with Gasteiger partial charge in [-0.25, -0.2) is 15.0 Å². The first-order chi connectivity index (χ1) is 12.5. The van der Waals surface area contributed by atoms with E-state index in [1.54, 1.807) is 31.8 Å². The van der Waals surface area contributed by atoms with E-state index >= 15 is 0 Å². The van der Waals surface area contributed by atoms with Crippen molar-refractivity contribution < 1.29 is 9.47 Å². The van der Waals surface area contributed by atoms with Gasteiger partial charge < -0.3 is 14.8 Å². The van der Waals surface area contributed by atoms with Crippen molar-refractivity contribution in [2.75, 3.05) is 19.5 Å². The number of methoxy groups -OCH3 is 2. The predicted molar refractivity (Wildman–Crippen MR) is 105 cm³/mol. The first-order valence-corrected chi connectivity index (χ1v) is 9.13. The second-order valence-electron chi connectivity index (χ2n) is 6.08. The quantitative estimate of drug-likeness (QED) is 0.672. The number of aromatic nitrogens is 3. The van der Waals surface area contributed by atoms with Gasteiger partial charge in [0, 0.05) is 18.2 Å². The first-order valence-electron chi connectivity index (χ1n) is 8.31. The van der Waals surface area contributed by atoms with Crippen LogP contribution in [0.3, 0.4) is 0 Å². The van der Waals surface area contributed by atoms with E-state index in [4.69, 9.17) is 9.47 Å². The molecule has 0 atom stereocenters. The summed E-state index contributed by atoms with van der Waals surface area (Å²) < 4.78 is 10.7. The molecule has 0 radical (unpaired) electrons. The van der Waals surface area contributed by atoms with E-state index in [9.17, 15) is 0 Å². The number of hydrogen-bond donors (Lipinski definition) is 1. The maximum Gasteiger partial charge on any atom is 0.227 e. The summed E-state index contributed by atoms with van der Waals surface area (Å²) in [4.78, 5) is 14.7. The van der Waals surface area contributed by atoms with Crippen LogP contribution >= 0.6 is 11.3 Å². The summed E-state index contributed by atoms with van der Waals surface area (Å²) in [6, 6.07) is 7.44. The topological polar surface area (TPSA) is 69.2 Å². The van der Waals surface area contributed by atoms with E-state index in [2.05, 4.69) is 34.1 Å². The molecule has 0 spiro atoms. The Kier molecular flexibility index (Phi) is 5.37. The minimum atomic E-state index is 0.396. The van der Waals surface area contributed by atoms with Gasteiger partial charge in [-0.3, -0.25) is 0 Å². The van der Waals surface area contributed by atoms with E-state index < -0.39 is 0 Å². The Labute approximate surface area is 157 Å². The summed E-state index contributed by atoms with van der Waals surface area (Å²) in [7, 11) is 3.25. The standard InChI is InChI=1S/C19H22N4O2S/c1-11(2)18-21-12(3)17(26-18)14-8-9-20-19(22-14)23-15-10-13(24-4)6-7-16(15)25-5/h6-11H,1-5H3,(H,20,22,23). The minimum Gasteiger partial charge on any atom is -0.497 e. The molecule has 0 aliphatic heterocycles. The molecule has 136 valence electrons. The number of rotatable bonds is 6. The lowest BCUT2D eigenvalue weighted by molar-refractivity contribution is 0.405. The van der Waals surface area contributed by atoms with E-state index in [-0.39, 0.29) is 0 Å². The third kappa shape index (κ3) is 3.77. The van der Waals surface area contributed by atoms with Crippen LogP contribution in [0.5, 0.6) is 11.5 Å². The Morgan fingerprint density at radius 2 is 1.88 bits per heavy atom. The van der Waals surface area contributed by atoms with Crippen LogP contribution in [0.1, 0.15) is 30.5 Å². The minimum absolute atomic E-state index is 0.396. The number of nitrogens with one attached hydrogen (secondary N) is 1. The lowest BCUT2D eigenvalue weighted by atomic mass is 10.2. The average Bonchev–Trinajstić information content (AvgIpc) is 3.04. The van der Waals surface area contributed by atoms with Crippen LogP contribution in [0, 0.1) is 6.92 Å². The fraction of sp³-hybridized carbons (Fsp3) is 0.316. The summed E-state index contributed by atoms with van der Waals surface area (Å²) in [5.41, 5.74) is 2.58. The molecule has 2 aromatic heterocycles. The van der Waals surface area contributed by atoms with Gasteiger partial charge in [0.1, 0.15) is 11.5 Å². The van der Waals surface area contributed by atoms with Gasteiger partial charge in [0.15, 0.2) is 0 Å². The zero-order valence-corrected chi connectivity index (χ0v) is 16.3. The van der Waals surface area contributed by atoms with Crippen LogP contribution in [0.2, 0.25) is 0 Å². The number of thiazole rings is 1. The SMILES string of the molecule is COc1ccc(OC)c(Nc2nccc(-c3sc(C(C)C)nc3C)n2)c1. The van der Waals surface area contributed by atoms with Gasteiger partial charge >= 0.3 is 0 Å². The van der Waals surface area contributed by atoms with Crippen molar-refractivity contribution in [3.8, 4) is 22.1 Å². The van der Waals surface area contributed by atoms with Gasteiger partial charge in [0.25, 0.3) is 0 Å². The number of benzene rings is 1. The Balaban J connectivity index is 1.93. The van der Waals surface area contributed by atoms with Crippen LogP contribution in [0.25, 0.3) is 10.6 Å². The molecule has 0 unspecified atom stereocenters. The van der Waals surface area contributed by atoms with E-state index in [0.29, 0.717) is 17.6 Å². The molecule has 2 heterocycles. The highest BCUT2D eigenvalue weighted by atomic mass is 32.1. The Hall–Kier alpha value is -2.67. The van der Waals surface area contributed by atoms with Crippen molar-refractivity contribution in [2.45, 2.75) is 26.7 Å². The lowest BCUT2D eigenvalue weighted by Crippen LogP contribution is -2.00. The third-order valence-corrected chi connectivity index (χ3v) is 5.33. The Bertz CT molecular complexity index is 908. The molecule has 0 aliphatic rings. The maximum absolute atomic E-state index is 5.40. The Morgan fingerprint density at radius 3 is 2.54 bits per heavy atom. The number of hydrogen-bond acceptors (Lipinski definition) is 7. The summed E-state index contributed by atoms with van der Waals surface area (Å²) >= 11 is 1.68. The van der Waals surface area contributed by atoms with Crippen molar-refractivity contribution in [3.63, 3.8) is 0 Å². The Morgan fingerprint density at radius 1 is 1.08 bits per heavy atom. The predicted octanol–water partition coefficient (Wildman–Crippen LogP) is 4.79. The molecule has 7 heteroatoms. The van der Waals surface area contributed by atoms with Crippen LogP contribution in [0.4, 0.5) is 11.6 Å². The van der Waals surface area contributed by atoms with Gasteiger partial charge in [-0.1, -0.05) is 13.8 Å². The number of anilines is 2. The van der Waals surface area contributed by atoms with Crippen LogP contribution in [-0.2, 0) is 0 Å². The van der Waals surface area contributed by atoms with Crippen LogP contribution in [-0.4, -0.2) is 29.2 Å². The molecule has 1 aromatic carbocycles. The van der Waals surface area contributed by atoms with Crippen LogP contribution in [0.15, 0.2) is 30.5 Å². The highest BCUT2D eigenvalue weighted by molar-refractivity contribution is 7.15. The molecule has 6 nitrogen and oxygen atoms in total. The summed E-state index contributed by atoms with van der Waals surface area (Å²) in [5, 5.41) is 4.33. The molecule has 0 amide bonds. The van der Waals surface area contributed by atoms with Gasteiger partial charge in [0.2, 0.25) is 5.95 Å². The molecule has 3 aromatic rings. The largest absolute Gasteiger partial charge is 0.497 e. The molecular weight excluding hydrogens is 348 g/mol. The average molecular weight is 370 g/mol. The van der Waals surface area contributed by atoms with E-state index in [1.165, 1.54) is 0 Å². The number of nitrogens with zero attached hydrogens (tertiary/aromatic N) is 3.